The van der Waals surface area contributed by atoms with Crippen molar-refractivity contribution in [3.8, 4) is 0 Å². The highest BCUT2D eigenvalue weighted by Gasteiger charge is 2.60. The fourth-order valence-corrected chi connectivity index (χ4v) is 15.9. The first kappa shape index (κ1) is 103. The number of hydrogen-bond acceptors (Lipinski definition) is 50. The van der Waals surface area contributed by atoms with Crippen LogP contribution in [0.25, 0.3) is 0 Å². The lowest BCUT2D eigenvalue weighted by atomic mass is 9.79. The number of rotatable bonds is 40. The highest BCUT2D eigenvalue weighted by Crippen LogP contribution is 2.41. The van der Waals surface area contributed by atoms with Crippen molar-refractivity contribution in [1.82, 2.24) is 16.0 Å². The minimum Gasteiger partial charge on any atom is -0.394 e. The summed E-state index contributed by atoms with van der Waals surface area (Å²) < 4.78 is 90.9. The van der Waals surface area contributed by atoms with Crippen LogP contribution in [0.5, 0.6) is 0 Å². The quantitative estimate of drug-likeness (QED) is 0.0253. The largest absolute Gasteiger partial charge is 0.394 e. The van der Waals surface area contributed by atoms with Gasteiger partial charge in [-0.1, -0.05) is 0 Å². The number of nitrogens with one attached hydrogen (secondary N) is 3. The third-order valence-electron chi connectivity index (χ3n) is 23.2. The molecule has 53 heteroatoms. The van der Waals surface area contributed by atoms with E-state index in [-0.39, 0.29) is 19.8 Å². The number of carbonyl (C=O) groups is 3. The van der Waals surface area contributed by atoms with Crippen molar-refractivity contribution in [2.75, 3.05) is 119 Å². The highest BCUT2D eigenvalue weighted by molar-refractivity contribution is 5.86. The Kier molecular flexibility index (Phi) is 38.3. The van der Waals surface area contributed by atoms with Gasteiger partial charge in [-0.25, -0.2) is 0 Å². The first-order valence-electron chi connectivity index (χ1n) is 40.0. The van der Waals surface area contributed by atoms with Gasteiger partial charge in [-0.15, -0.1) is 0 Å². The summed E-state index contributed by atoms with van der Waals surface area (Å²) in [7, 11) is 0. The Morgan fingerprint density at radius 3 is 0.740 bits per heavy atom. The molecule has 0 aromatic rings. The van der Waals surface area contributed by atoms with Crippen LogP contribution in [0, 0.1) is 5.41 Å². The van der Waals surface area contributed by atoms with E-state index in [1.165, 1.54) is 0 Å². The molecule has 123 heavy (non-hydrogen) atoms. The van der Waals surface area contributed by atoms with Gasteiger partial charge < -0.3 is 251 Å². The zero-order valence-corrected chi connectivity index (χ0v) is 66.2. The first-order chi connectivity index (χ1) is 58.1. The molecule has 3 amide bonds. The number of aliphatic hydroxyl groups is 30. The van der Waals surface area contributed by atoms with E-state index < -0.39 is 417 Å². The van der Waals surface area contributed by atoms with Gasteiger partial charge in [-0.05, 0) is 0 Å². The summed E-state index contributed by atoms with van der Waals surface area (Å²) in [6.07, 6.45) is -79.2. The maximum Gasteiger partial charge on any atom is 0.252 e. The lowest BCUT2D eigenvalue weighted by molar-refractivity contribution is -0.368. The molecule has 9 aliphatic rings. The molecule has 0 aromatic carbocycles. The zero-order chi connectivity index (χ0) is 90.7. The van der Waals surface area contributed by atoms with Gasteiger partial charge in [0, 0.05) is 64.7 Å². The maximum atomic E-state index is 14.0. The van der Waals surface area contributed by atoms with Crippen LogP contribution in [0.4, 0.5) is 0 Å². The minimum atomic E-state index is -2.60. The van der Waals surface area contributed by atoms with E-state index in [9.17, 15) is 168 Å². The number of nitrogens with two attached hydrogens (primary N) is 1. The van der Waals surface area contributed by atoms with Crippen molar-refractivity contribution in [2.24, 2.45) is 11.1 Å². The number of carbonyl (C=O) groups excluding carboxylic acids is 3. The summed E-state index contributed by atoms with van der Waals surface area (Å²) in [4.78, 5) is 41.9. The molecular weight excluding hydrogens is 1680 g/mol. The average molecular weight is 1800 g/mol. The first-order valence-corrected chi connectivity index (χ1v) is 40.0. The van der Waals surface area contributed by atoms with Crippen LogP contribution in [0.15, 0.2) is 0 Å². The van der Waals surface area contributed by atoms with Gasteiger partial charge in [0.15, 0.2) is 37.7 Å². The lowest BCUT2D eigenvalue weighted by Crippen LogP contribution is -2.66. The van der Waals surface area contributed by atoms with Crippen molar-refractivity contribution in [2.45, 2.75) is 294 Å². The summed E-state index contributed by atoms with van der Waals surface area (Å²) in [5.41, 5.74) is -3.51. The topological polar surface area (TPSA) is 868 Å². The minimum absolute atomic E-state index is 0.0620. The molecule has 42 atom stereocenters. The van der Waals surface area contributed by atoms with Crippen molar-refractivity contribution >= 4 is 17.7 Å². The number of amides is 3. The molecule has 35 N–H and O–H groups in total. The van der Waals surface area contributed by atoms with Crippen molar-refractivity contribution in [3.63, 3.8) is 0 Å². The monoisotopic (exact) mass is 1800 g/mol. The molecule has 3 saturated carbocycles. The van der Waals surface area contributed by atoms with Crippen LogP contribution < -0.4 is 21.7 Å². The van der Waals surface area contributed by atoms with E-state index in [4.69, 9.17) is 81.5 Å². The summed E-state index contributed by atoms with van der Waals surface area (Å²) in [6.45, 7) is -10.2. The molecule has 0 bridgehead atoms. The van der Waals surface area contributed by atoms with Gasteiger partial charge in [-0.2, -0.15) is 0 Å². The molecule has 9 rings (SSSR count). The molecule has 53 nitrogen and oxygen atoms in total. The SMILES string of the molecule is NCCOCC(COCCNC(=O)[C@]1(O)C[C@@H](O)[C@@H](O)[C@H](O[C@@H]2O[C@H](CO)[C@H](O)[C@H](O[C@H]3O[C@H](CO)[C@H](O)[C@H](O)[C@H]3O)[C@H]2O)C1)(COCCNC(=O)[C@]1(O)C[C@@H](O)[C@@H](O)[C@H](O[C@@H]2O[C@H](CO)[C@H](O)[C@H](O[C@H]3O[C@H](CO)[C@H](O)[C@H](O)[C@H]3O)[C@H]2O)C1)COCCNC(=O)[C@]1(O)C[C@@H](O)[C@@H](O)[C@H](O[C@@H]2O[C@H](CO)[C@H](O)[C@H](O[C@H]3O[C@H](CO)[C@H](O)[C@H](O)[C@H]3O)[C@H]2O)C1. The number of aliphatic hydroxyl groups excluding tert-OH is 27. The Morgan fingerprint density at radius 2 is 0.512 bits per heavy atom. The van der Waals surface area contributed by atoms with E-state index in [2.05, 4.69) is 16.0 Å². The Labute approximate surface area is 699 Å². The second kappa shape index (κ2) is 45.6. The predicted octanol–water partition coefficient (Wildman–Crippen LogP) is -21.9. The molecule has 0 radical (unpaired) electrons. The van der Waals surface area contributed by atoms with Crippen molar-refractivity contribution in [1.29, 1.82) is 0 Å². The van der Waals surface area contributed by atoms with Crippen molar-refractivity contribution in [3.05, 3.63) is 0 Å². The normalized spacial score (nSPS) is 45.8. The Hall–Kier alpha value is -3.47. The van der Waals surface area contributed by atoms with E-state index in [1.54, 1.807) is 0 Å². The summed E-state index contributed by atoms with van der Waals surface area (Å²) >= 11 is 0. The molecule has 6 saturated heterocycles. The van der Waals surface area contributed by atoms with E-state index in [0.717, 1.165) is 0 Å². The smallest absolute Gasteiger partial charge is 0.252 e. The Morgan fingerprint density at radius 1 is 0.293 bits per heavy atom. The van der Waals surface area contributed by atoms with Gasteiger partial charge in [0.1, 0.15) is 182 Å². The molecule has 6 heterocycles. The fourth-order valence-electron chi connectivity index (χ4n) is 15.9. The van der Waals surface area contributed by atoms with Crippen LogP contribution in [0.2, 0.25) is 0 Å². The standard InChI is InChI=1S/C70H122N4O49/c71-1-5-108-21-67(22-109-6-2-72-64(102)68(105)9-25(81)37(84)28(12-68)112-61-52(99)55(43(90)34(18-78)118-61)121-58-49(96)46(93)40(87)31(15-75)115-58,23-110-7-3-73-65(103)69(106)10-26(82)38(85)29(13-69)113-62-53(100)56(44(91)35(19-79)119-62)122-59-50(97)47(94)41(88)32(16-76)116-59)24-111-8-4-74-66(104)70(107)11-27(83)39(86)30(14-70)114-63-54(101)57(45(92)36(20-80)120-63)123-60-51(98)48(95)42(89)33(17-77)117-60/h25-63,75-101,105-107H,1-24,71H2,(H,72,102)(H,73,103)(H,74,104)/t25-,26-,27-,28-,29-,30-,31-,32-,33-,34-,35-,36-,37-,38-,39-,40+,41+,42+,43+,44+,45+,46+,47+,48+,49-,50-,51-,52-,53-,54-,55+,56+,57+,58-,59-,60-,61-,62-,63-,68+,69+,70+/m1/s1. The third-order valence-corrected chi connectivity index (χ3v) is 23.2. The predicted molar refractivity (Wildman–Crippen MR) is 386 cm³/mol. The van der Waals surface area contributed by atoms with E-state index >= 15 is 0 Å². The number of hydrogen-bond donors (Lipinski definition) is 34. The molecule has 0 spiro atoms. The van der Waals surface area contributed by atoms with Crippen LogP contribution in [-0.4, -0.2) is 546 Å². The van der Waals surface area contributed by atoms with Crippen LogP contribution in [0.3, 0.4) is 0 Å². The maximum absolute atomic E-state index is 14.0. The summed E-state index contributed by atoms with van der Waals surface area (Å²) in [5, 5.41) is 330. The molecular formula is C70H122N4O49. The zero-order valence-electron chi connectivity index (χ0n) is 66.2. The Balaban J connectivity index is 0.846. The average Bonchev–Trinajstić information content (AvgIpc) is 0.775. The van der Waals surface area contributed by atoms with Gasteiger partial charge in [0.2, 0.25) is 0 Å². The van der Waals surface area contributed by atoms with Crippen LogP contribution in [0.1, 0.15) is 38.5 Å². The van der Waals surface area contributed by atoms with Gasteiger partial charge >= 0.3 is 0 Å². The second-order valence-corrected chi connectivity index (χ2v) is 32.3. The summed E-state index contributed by atoms with van der Waals surface area (Å²) in [6, 6.07) is 0. The molecule has 716 valence electrons. The molecule has 0 unspecified atom stereocenters. The van der Waals surface area contributed by atoms with Crippen LogP contribution >= 0.6 is 0 Å². The van der Waals surface area contributed by atoms with E-state index in [0.29, 0.717) is 0 Å². The van der Waals surface area contributed by atoms with E-state index in [1.807, 2.05) is 0 Å². The molecule has 3 aliphatic carbocycles. The van der Waals surface area contributed by atoms with Crippen molar-refractivity contribution < 1.29 is 243 Å². The number of ether oxygens (including phenoxy) is 16. The van der Waals surface area contributed by atoms with Gasteiger partial charge in [0.05, 0.1) is 135 Å². The molecule has 0 aromatic heterocycles. The lowest BCUT2D eigenvalue weighted by Gasteiger charge is -2.47. The third kappa shape index (κ3) is 24.3. The molecule has 6 aliphatic heterocycles. The molecule has 9 fully saturated rings. The highest BCUT2D eigenvalue weighted by atomic mass is 16.8. The fraction of sp³-hybridized carbons (Fsp3) is 0.957. The van der Waals surface area contributed by atoms with Gasteiger partial charge in [0.25, 0.3) is 17.7 Å². The van der Waals surface area contributed by atoms with Crippen LogP contribution in [-0.2, 0) is 90.2 Å². The second-order valence-electron chi connectivity index (χ2n) is 32.3. The Bertz CT molecular complexity index is 2900. The van der Waals surface area contributed by atoms with Gasteiger partial charge in [-0.3, -0.25) is 14.4 Å². The summed E-state index contributed by atoms with van der Waals surface area (Å²) in [5.74, 6) is -3.57.